The van der Waals surface area contributed by atoms with E-state index in [1.165, 1.54) is 74.8 Å². The lowest BCUT2D eigenvalue weighted by molar-refractivity contribution is 0.177. The van der Waals surface area contributed by atoms with Crippen LogP contribution in [0.4, 0.5) is 4.39 Å². The minimum Gasteiger partial charge on any atom is -0.470 e. The summed E-state index contributed by atoms with van der Waals surface area (Å²) in [5.74, 6) is 1.37. The van der Waals surface area contributed by atoms with E-state index in [1.807, 2.05) is 0 Å². The molecule has 0 spiro atoms. The molecule has 0 bridgehead atoms. The maximum atomic E-state index is 13.2. The Morgan fingerprint density at radius 1 is 1.17 bits per heavy atom. The van der Waals surface area contributed by atoms with Gasteiger partial charge in [-0.25, -0.2) is 9.37 Å². The number of hydrogen-bond donors (Lipinski definition) is 0. The number of hydrogen-bond acceptors (Lipinski definition) is 3. The first kappa shape index (κ1) is 16.7. The molecule has 1 aliphatic rings. The van der Waals surface area contributed by atoms with E-state index in [0.717, 1.165) is 22.7 Å². The molecule has 0 unspecified atom stereocenters. The zero-order chi connectivity index (χ0) is 16.1. The number of aromatic nitrogens is 1. The van der Waals surface area contributed by atoms with Crippen molar-refractivity contribution < 1.29 is 9.13 Å². The highest BCUT2D eigenvalue weighted by atomic mass is 32.1. The fraction of sp³-hybridized carbons (Fsp3) is 0.632. The average Bonchev–Trinajstić information content (AvgIpc) is 2.96. The van der Waals surface area contributed by atoms with E-state index in [4.69, 9.17) is 4.74 Å². The van der Waals surface area contributed by atoms with Gasteiger partial charge in [0, 0.05) is 0 Å². The molecular weight excluding hydrogens is 309 g/mol. The molecule has 1 heterocycles. The van der Waals surface area contributed by atoms with Gasteiger partial charge in [-0.3, -0.25) is 0 Å². The lowest BCUT2D eigenvalue weighted by Crippen LogP contribution is -2.20. The molecule has 1 saturated carbocycles. The summed E-state index contributed by atoms with van der Waals surface area (Å²) in [6.07, 6.45) is 10.7. The molecule has 0 aliphatic heterocycles. The molecule has 1 aromatic heterocycles. The van der Waals surface area contributed by atoms with Crippen molar-refractivity contribution in [3.63, 3.8) is 0 Å². The number of fused-ring (bicyclic) bond motifs is 1. The number of nitrogens with zero attached hydrogens (tertiary/aromatic N) is 1. The largest absolute Gasteiger partial charge is 0.470 e. The van der Waals surface area contributed by atoms with E-state index in [-0.39, 0.29) is 5.82 Å². The van der Waals surface area contributed by atoms with E-state index in [9.17, 15) is 4.39 Å². The van der Waals surface area contributed by atoms with Gasteiger partial charge in [0.1, 0.15) is 5.82 Å². The van der Waals surface area contributed by atoms with Crippen LogP contribution in [0.15, 0.2) is 18.2 Å². The first-order valence-electron chi connectivity index (χ1n) is 8.93. The molecule has 0 amide bonds. The lowest BCUT2D eigenvalue weighted by atomic mass is 9.80. The van der Waals surface area contributed by atoms with Crippen LogP contribution in [0.2, 0.25) is 0 Å². The minimum atomic E-state index is -0.214. The van der Waals surface area contributed by atoms with E-state index in [2.05, 4.69) is 11.9 Å². The molecule has 23 heavy (non-hydrogen) atoms. The monoisotopic (exact) mass is 335 g/mol. The van der Waals surface area contributed by atoms with Gasteiger partial charge in [0.05, 0.1) is 16.8 Å². The molecule has 0 N–H and O–H groups in total. The molecule has 4 heteroatoms. The van der Waals surface area contributed by atoms with Crippen LogP contribution < -0.4 is 4.74 Å². The van der Waals surface area contributed by atoms with Gasteiger partial charge in [0.2, 0.25) is 0 Å². The number of halogens is 1. The molecule has 3 rings (SSSR count). The normalized spacial score (nSPS) is 21.7. The minimum absolute atomic E-state index is 0.214. The van der Waals surface area contributed by atoms with Crippen LogP contribution >= 0.6 is 11.3 Å². The molecular formula is C19H26FNOS. The number of thiazole rings is 1. The van der Waals surface area contributed by atoms with Crippen molar-refractivity contribution in [3.8, 4) is 5.19 Å². The zero-order valence-corrected chi connectivity index (χ0v) is 14.7. The molecule has 0 radical (unpaired) electrons. The Morgan fingerprint density at radius 3 is 2.74 bits per heavy atom. The van der Waals surface area contributed by atoms with Crippen molar-refractivity contribution in [2.24, 2.45) is 11.8 Å². The summed E-state index contributed by atoms with van der Waals surface area (Å²) in [6.45, 7) is 3.02. The van der Waals surface area contributed by atoms with Crippen LogP contribution in [0.5, 0.6) is 5.19 Å². The Hall–Kier alpha value is -1.16. The third kappa shape index (κ3) is 4.66. The Labute approximate surface area is 142 Å². The van der Waals surface area contributed by atoms with Crippen molar-refractivity contribution in [2.75, 3.05) is 6.61 Å². The zero-order valence-electron chi connectivity index (χ0n) is 13.9. The van der Waals surface area contributed by atoms with Crippen LogP contribution in [0.3, 0.4) is 0 Å². The Balaban J connectivity index is 1.44. The summed E-state index contributed by atoms with van der Waals surface area (Å²) in [7, 11) is 0. The molecule has 1 aliphatic carbocycles. The van der Waals surface area contributed by atoms with Crippen molar-refractivity contribution in [2.45, 2.75) is 58.3 Å². The summed E-state index contributed by atoms with van der Waals surface area (Å²) in [4.78, 5) is 4.43. The fourth-order valence-electron chi connectivity index (χ4n) is 3.50. The van der Waals surface area contributed by atoms with Gasteiger partial charge in [-0.1, -0.05) is 56.8 Å². The predicted molar refractivity (Wildman–Crippen MR) is 94.7 cm³/mol. The van der Waals surface area contributed by atoms with E-state index >= 15 is 0 Å². The topological polar surface area (TPSA) is 22.1 Å². The van der Waals surface area contributed by atoms with Crippen molar-refractivity contribution in [1.29, 1.82) is 0 Å². The van der Waals surface area contributed by atoms with Crippen molar-refractivity contribution in [1.82, 2.24) is 4.98 Å². The summed E-state index contributed by atoms with van der Waals surface area (Å²) in [5, 5.41) is 0.677. The van der Waals surface area contributed by atoms with Gasteiger partial charge in [0.25, 0.3) is 5.19 Å². The Bertz CT molecular complexity index is 619. The second-order valence-electron chi connectivity index (χ2n) is 6.79. The maximum absolute atomic E-state index is 13.2. The van der Waals surface area contributed by atoms with E-state index < -0.39 is 0 Å². The van der Waals surface area contributed by atoms with Gasteiger partial charge in [-0.2, -0.15) is 0 Å². The first-order chi connectivity index (χ1) is 11.2. The molecule has 1 fully saturated rings. The SMILES string of the molecule is CCCCC[C@H]1CC[C@H](COc2nc3ccc(F)cc3s2)CC1. The third-order valence-electron chi connectivity index (χ3n) is 4.96. The van der Waals surface area contributed by atoms with Crippen LogP contribution in [0, 0.1) is 17.7 Å². The Morgan fingerprint density at radius 2 is 1.96 bits per heavy atom. The van der Waals surface area contributed by atoms with Crippen LogP contribution in [-0.4, -0.2) is 11.6 Å². The summed E-state index contributed by atoms with van der Waals surface area (Å²) in [6, 6.07) is 4.70. The molecule has 2 nitrogen and oxygen atoms in total. The predicted octanol–water partition coefficient (Wildman–Crippen LogP) is 6.20. The fourth-order valence-corrected chi connectivity index (χ4v) is 4.35. The third-order valence-corrected chi connectivity index (χ3v) is 5.89. The summed E-state index contributed by atoms with van der Waals surface area (Å²) >= 11 is 1.44. The maximum Gasteiger partial charge on any atom is 0.274 e. The molecule has 0 atom stereocenters. The van der Waals surface area contributed by atoms with E-state index in [1.54, 1.807) is 6.07 Å². The highest BCUT2D eigenvalue weighted by Gasteiger charge is 2.21. The smallest absolute Gasteiger partial charge is 0.274 e. The van der Waals surface area contributed by atoms with Gasteiger partial charge in [0.15, 0.2) is 0 Å². The van der Waals surface area contributed by atoms with Crippen LogP contribution in [0.25, 0.3) is 10.2 Å². The Kier molecular flexibility index (Phi) is 5.87. The second-order valence-corrected chi connectivity index (χ2v) is 7.78. The quantitative estimate of drug-likeness (QED) is 0.562. The average molecular weight is 335 g/mol. The molecule has 0 saturated heterocycles. The highest BCUT2D eigenvalue weighted by molar-refractivity contribution is 7.20. The first-order valence-corrected chi connectivity index (χ1v) is 9.75. The summed E-state index contributed by atoms with van der Waals surface area (Å²) in [5.41, 5.74) is 0.825. The standard InChI is InChI=1S/C19H26FNOS/c1-2-3-4-5-14-6-8-15(9-7-14)13-22-19-21-17-11-10-16(20)12-18(17)23-19/h10-12,14-15H,2-9,13H2,1H3/t14-,15-. The lowest BCUT2D eigenvalue weighted by Gasteiger charge is -2.28. The van der Waals surface area contributed by atoms with Gasteiger partial charge in [-0.05, 0) is 42.9 Å². The van der Waals surface area contributed by atoms with Crippen molar-refractivity contribution in [3.05, 3.63) is 24.0 Å². The van der Waals surface area contributed by atoms with Crippen LogP contribution in [0.1, 0.15) is 58.3 Å². The summed E-state index contributed by atoms with van der Waals surface area (Å²) < 4.78 is 20.0. The molecule has 126 valence electrons. The van der Waals surface area contributed by atoms with Gasteiger partial charge < -0.3 is 4.74 Å². The van der Waals surface area contributed by atoms with Gasteiger partial charge in [-0.15, -0.1) is 0 Å². The number of rotatable bonds is 7. The number of ether oxygens (including phenoxy) is 1. The second kappa shape index (κ2) is 8.09. The number of benzene rings is 1. The number of unbranched alkanes of at least 4 members (excludes halogenated alkanes) is 2. The van der Waals surface area contributed by atoms with E-state index in [0.29, 0.717) is 11.1 Å². The van der Waals surface area contributed by atoms with Crippen LogP contribution in [-0.2, 0) is 0 Å². The molecule has 1 aromatic carbocycles. The van der Waals surface area contributed by atoms with Gasteiger partial charge >= 0.3 is 0 Å². The highest BCUT2D eigenvalue weighted by Crippen LogP contribution is 2.33. The molecule has 2 aromatic rings. The van der Waals surface area contributed by atoms with Crippen molar-refractivity contribution >= 4 is 21.6 Å².